The minimum absolute atomic E-state index is 0.0337. The van der Waals surface area contributed by atoms with Gasteiger partial charge in [-0.1, -0.05) is 13.8 Å². The van der Waals surface area contributed by atoms with Crippen LogP contribution in [0.3, 0.4) is 0 Å². The lowest BCUT2D eigenvalue weighted by Gasteiger charge is -2.45. The van der Waals surface area contributed by atoms with Gasteiger partial charge in [0, 0.05) is 62.0 Å². The number of nitrogens with one attached hydrogen (secondary N) is 1. The fourth-order valence-corrected chi connectivity index (χ4v) is 5.08. The molecule has 1 aromatic heterocycles. The average Bonchev–Trinajstić information content (AvgIpc) is 2.81. The van der Waals surface area contributed by atoms with Gasteiger partial charge in [-0.2, -0.15) is 0 Å². The van der Waals surface area contributed by atoms with Crippen molar-refractivity contribution in [2.75, 3.05) is 41.3 Å². The molecule has 2 N–H and O–H groups in total. The summed E-state index contributed by atoms with van der Waals surface area (Å²) >= 11 is 0. The van der Waals surface area contributed by atoms with Crippen molar-refractivity contribution in [1.29, 1.82) is 0 Å². The smallest absolute Gasteiger partial charge is 0.407 e. The topological polar surface area (TPSA) is 102 Å². The fraction of sp³-hybridized carbons (Fsp3) is 0.500. The van der Waals surface area contributed by atoms with E-state index in [-0.39, 0.29) is 23.9 Å². The number of carboxylic acid groups (broad SMARTS) is 1. The van der Waals surface area contributed by atoms with E-state index >= 15 is 0 Å². The molecule has 1 saturated heterocycles. The van der Waals surface area contributed by atoms with Gasteiger partial charge in [-0.05, 0) is 31.5 Å². The van der Waals surface area contributed by atoms with Crippen LogP contribution in [0.25, 0.3) is 0 Å². The lowest BCUT2D eigenvalue weighted by atomic mass is 9.80. The fourth-order valence-electron chi connectivity index (χ4n) is 5.08. The van der Waals surface area contributed by atoms with Crippen LogP contribution in [0.2, 0.25) is 0 Å². The number of aryl methyl sites for hydroxylation is 1. The molecule has 0 unspecified atom stereocenters. The van der Waals surface area contributed by atoms with Gasteiger partial charge in [0.1, 0.15) is 5.82 Å². The number of hydrogen-bond acceptors (Lipinski definition) is 6. The van der Waals surface area contributed by atoms with Crippen molar-refractivity contribution in [3.63, 3.8) is 0 Å². The summed E-state index contributed by atoms with van der Waals surface area (Å²) in [6, 6.07) is 6.23. The zero-order chi connectivity index (χ0) is 23.7. The quantitative estimate of drug-likeness (QED) is 0.732. The number of nitrogens with zero attached hydrogens (tertiary/aromatic N) is 5. The number of aromatic nitrogens is 2. The second-order valence-electron chi connectivity index (χ2n) is 8.89. The maximum absolute atomic E-state index is 12.7. The molecule has 3 atom stereocenters. The highest BCUT2D eigenvalue weighted by Gasteiger charge is 2.40. The van der Waals surface area contributed by atoms with Crippen LogP contribution in [0, 0.1) is 12.8 Å². The summed E-state index contributed by atoms with van der Waals surface area (Å²) in [5.41, 5.74) is 3.85. The molecule has 0 aliphatic carbocycles. The third-order valence-corrected chi connectivity index (χ3v) is 6.83. The van der Waals surface area contributed by atoms with E-state index in [0.29, 0.717) is 32.0 Å². The SMILES string of the molecule is CC[C@H]1[C@H](C)[C@@H](Nc2cnc(C)cn2)c2cc(N3CCN(C(=O)O)CC3)ccc2N1C(C)=O. The molecule has 0 saturated carbocycles. The molecule has 0 radical (unpaired) electrons. The van der Waals surface area contributed by atoms with E-state index in [1.807, 2.05) is 24.0 Å². The zero-order valence-electron chi connectivity index (χ0n) is 19.7. The Hall–Kier alpha value is -3.36. The molecule has 3 heterocycles. The van der Waals surface area contributed by atoms with Gasteiger partial charge in [-0.15, -0.1) is 0 Å². The largest absolute Gasteiger partial charge is 0.465 e. The van der Waals surface area contributed by atoms with Gasteiger partial charge in [-0.3, -0.25) is 9.78 Å². The van der Waals surface area contributed by atoms with E-state index < -0.39 is 6.09 Å². The first-order valence-electron chi connectivity index (χ1n) is 11.5. The second kappa shape index (κ2) is 9.25. The predicted molar refractivity (Wildman–Crippen MR) is 128 cm³/mol. The molecule has 9 nitrogen and oxygen atoms in total. The summed E-state index contributed by atoms with van der Waals surface area (Å²) in [4.78, 5) is 38.4. The molecule has 0 spiro atoms. The van der Waals surface area contributed by atoms with Crippen molar-refractivity contribution in [3.8, 4) is 0 Å². The van der Waals surface area contributed by atoms with Crippen molar-refractivity contribution in [2.45, 2.75) is 46.2 Å². The summed E-state index contributed by atoms with van der Waals surface area (Å²) in [6.07, 6.45) is 3.46. The van der Waals surface area contributed by atoms with E-state index in [4.69, 9.17) is 0 Å². The highest BCUT2D eigenvalue weighted by Crippen LogP contribution is 2.44. The molecule has 1 fully saturated rings. The Balaban J connectivity index is 1.71. The van der Waals surface area contributed by atoms with Crippen LogP contribution in [0.1, 0.15) is 44.5 Å². The Morgan fingerprint density at radius 1 is 1.15 bits per heavy atom. The van der Waals surface area contributed by atoms with Gasteiger partial charge in [-0.25, -0.2) is 9.78 Å². The number of benzene rings is 1. The van der Waals surface area contributed by atoms with E-state index in [9.17, 15) is 14.7 Å². The Morgan fingerprint density at radius 3 is 2.45 bits per heavy atom. The average molecular weight is 453 g/mol. The minimum atomic E-state index is -0.875. The van der Waals surface area contributed by atoms with Crippen LogP contribution in [0.5, 0.6) is 0 Å². The molecule has 33 heavy (non-hydrogen) atoms. The maximum atomic E-state index is 12.7. The summed E-state index contributed by atoms with van der Waals surface area (Å²) < 4.78 is 0. The van der Waals surface area contributed by atoms with Gasteiger partial charge in [0.25, 0.3) is 0 Å². The van der Waals surface area contributed by atoms with Gasteiger partial charge >= 0.3 is 6.09 Å². The molecule has 2 aliphatic rings. The first-order chi connectivity index (χ1) is 15.8. The van der Waals surface area contributed by atoms with Crippen LogP contribution >= 0.6 is 0 Å². The molecule has 2 amide bonds. The highest BCUT2D eigenvalue weighted by molar-refractivity contribution is 5.94. The van der Waals surface area contributed by atoms with E-state index in [1.165, 1.54) is 4.90 Å². The standard InChI is InChI=1S/C24H32N6O3/c1-5-20-16(3)23(27-22-14-25-15(2)13-26-22)19-12-18(6-7-21(19)30(20)17(4)31)28-8-10-29(11-9-28)24(32)33/h6-7,12-14,16,20,23H,5,8-11H2,1-4H3,(H,26,27)(H,32,33)/t16-,20-,23+/m0/s1. The number of carbonyl (C=O) groups is 2. The van der Waals surface area contributed by atoms with Crippen molar-refractivity contribution < 1.29 is 14.7 Å². The van der Waals surface area contributed by atoms with Gasteiger partial charge in [0.15, 0.2) is 0 Å². The second-order valence-corrected chi connectivity index (χ2v) is 8.89. The molecule has 2 aliphatic heterocycles. The van der Waals surface area contributed by atoms with Crippen LogP contribution < -0.4 is 15.1 Å². The van der Waals surface area contributed by atoms with Crippen LogP contribution in [-0.2, 0) is 4.79 Å². The summed E-state index contributed by atoms with van der Waals surface area (Å²) in [5.74, 6) is 0.884. The summed E-state index contributed by atoms with van der Waals surface area (Å²) in [6.45, 7) is 10.0. The van der Waals surface area contributed by atoms with Gasteiger partial charge in [0.2, 0.25) is 5.91 Å². The molecule has 2 aromatic rings. The van der Waals surface area contributed by atoms with Gasteiger partial charge < -0.3 is 25.1 Å². The van der Waals surface area contributed by atoms with Crippen LogP contribution in [-0.4, -0.2) is 64.2 Å². The molecule has 9 heteroatoms. The zero-order valence-corrected chi connectivity index (χ0v) is 19.7. The van der Waals surface area contributed by atoms with Crippen molar-refractivity contribution in [2.24, 2.45) is 5.92 Å². The molecule has 1 aromatic carbocycles. The number of fused-ring (bicyclic) bond motifs is 1. The van der Waals surface area contributed by atoms with Crippen molar-refractivity contribution >= 4 is 29.2 Å². The lowest BCUT2D eigenvalue weighted by molar-refractivity contribution is -0.117. The number of anilines is 3. The normalized spacial score (nSPS) is 22.7. The Labute approximate surface area is 194 Å². The third-order valence-electron chi connectivity index (χ3n) is 6.83. The summed E-state index contributed by atoms with van der Waals surface area (Å²) in [5, 5.41) is 12.8. The highest BCUT2D eigenvalue weighted by atomic mass is 16.4. The number of amides is 2. The monoisotopic (exact) mass is 452 g/mol. The Morgan fingerprint density at radius 2 is 1.88 bits per heavy atom. The van der Waals surface area contributed by atoms with Crippen molar-refractivity contribution in [1.82, 2.24) is 14.9 Å². The van der Waals surface area contributed by atoms with Crippen LogP contribution in [0.4, 0.5) is 22.0 Å². The number of carbonyl (C=O) groups excluding carboxylic acids is 1. The number of piperazine rings is 1. The van der Waals surface area contributed by atoms with Crippen molar-refractivity contribution in [3.05, 3.63) is 41.9 Å². The summed E-state index contributed by atoms with van der Waals surface area (Å²) in [7, 11) is 0. The third kappa shape index (κ3) is 4.44. The molecular weight excluding hydrogens is 420 g/mol. The number of rotatable bonds is 4. The first kappa shape index (κ1) is 22.8. The lowest BCUT2D eigenvalue weighted by Crippen LogP contribution is -2.50. The Bertz CT molecular complexity index is 1020. The molecule has 176 valence electrons. The molecule has 0 bridgehead atoms. The number of hydrogen-bond donors (Lipinski definition) is 2. The van der Waals surface area contributed by atoms with Gasteiger partial charge in [0.05, 0.1) is 24.1 Å². The Kier molecular flexibility index (Phi) is 6.40. The van der Waals surface area contributed by atoms with Crippen LogP contribution in [0.15, 0.2) is 30.6 Å². The first-order valence-corrected chi connectivity index (χ1v) is 11.5. The minimum Gasteiger partial charge on any atom is -0.465 e. The predicted octanol–water partition coefficient (Wildman–Crippen LogP) is 3.52. The van der Waals surface area contributed by atoms with E-state index in [2.05, 4.69) is 40.1 Å². The van der Waals surface area contributed by atoms with E-state index in [0.717, 1.165) is 29.1 Å². The molecule has 4 rings (SSSR count). The molecular formula is C24H32N6O3. The van der Waals surface area contributed by atoms with E-state index in [1.54, 1.807) is 19.3 Å². The maximum Gasteiger partial charge on any atom is 0.407 e.